The van der Waals surface area contributed by atoms with Gasteiger partial charge in [0, 0.05) is 13.6 Å². The molecular weight excluding hydrogens is 612 g/mol. The summed E-state index contributed by atoms with van der Waals surface area (Å²) >= 11 is 13.6. The highest BCUT2D eigenvalue weighted by molar-refractivity contribution is 14.1. The van der Waals surface area contributed by atoms with Crippen molar-refractivity contribution in [2.75, 3.05) is 5.32 Å². The first-order valence-electron chi connectivity index (χ1n) is 9.87. The van der Waals surface area contributed by atoms with E-state index in [9.17, 15) is 24.3 Å². The van der Waals surface area contributed by atoms with Crippen molar-refractivity contribution in [2.24, 2.45) is 0 Å². The zero-order valence-electron chi connectivity index (χ0n) is 17.6. The zero-order valence-corrected chi connectivity index (χ0v) is 21.3. The lowest BCUT2D eigenvalue weighted by atomic mass is 10.1. The van der Waals surface area contributed by atoms with Crippen LogP contribution in [0.1, 0.15) is 20.7 Å². The number of carbonyl (C=O) groups excluding carboxylic acids is 3. The highest BCUT2D eigenvalue weighted by atomic mass is 127. The zero-order chi connectivity index (χ0) is 25.5. The van der Waals surface area contributed by atoms with Crippen LogP contribution in [0.3, 0.4) is 0 Å². The van der Waals surface area contributed by atoms with E-state index in [1.54, 1.807) is 24.3 Å². The molecule has 0 unspecified atom stereocenters. The minimum absolute atomic E-state index is 0.00894. The van der Waals surface area contributed by atoms with Crippen LogP contribution in [0.25, 0.3) is 0 Å². The smallest absolute Gasteiger partial charge is 0.349 e. The first-order chi connectivity index (χ1) is 16.7. The number of carboxylic acid groups (broad SMARTS) is 1. The van der Waals surface area contributed by atoms with Crippen LogP contribution in [0, 0.1) is 3.57 Å². The molecule has 0 aromatic heterocycles. The Morgan fingerprint density at radius 1 is 0.743 bits per heavy atom. The first-order valence-corrected chi connectivity index (χ1v) is 11.7. The van der Waals surface area contributed by atoms with E-state index in [0.717, 1.165) is 0 Å². The Morgan fingerprint density at radius 3 is 1.66 bits per heavy atom. The second kappa shape index (κ2) is 12.0. The molecule has 0 heterocycles. The molecule has 2 atom stereocenters. The minimum Gasteiger partial charge on any atom is -0.478 e. The van der Waals surface area contributed by atoms with E-state index >= 15 is 0 Å². The summed E-state index contributed by atoms with van der Waals surface area (Å²) < 4.78 is 11.0. The van der Waals surface area contributed by atoms with Gasteiger partial charge in [0.2, 0.25) is 12.2 Å². The molecule has 11 heteroatoms. The fourth-order valence-electron chi connectivity index (χ4n) is 2.80. The molecule has 1 amide bonds. The number of carbonyl (C=O) groups is 4. The maximum atomic E-state index is 13.1. The van der Waals surface area contributed by atoms with E-state index in [2.05, 4.69) is 5.32 Å². The topological polar surface area (TPSA) is 119 Å². The van der Waals surface area contributed by atoms with E-state index in [1.165, 1.54) is 48.5 Å². The van der Waals surface area contributed by atoms with Crippen molar-refractivity contribution >= 4 is 75.3 Å². The molecule has 0 fully saturated rings. The Bertz CT molecular complexity index is 1250. The van der Waals surface area contributed by atoms with Gasteiger partial charge in [-0.3, -0.25) is 4.79 Å². The number of anilines is 1. The number of benzene rings is 3. The van der Waals surface area contributed by atoms with Gasteiger partial charge in [-0.15, -0.1) is 0 Å². The maximum absolute atomic E-state index is 13.1. The van der Waals surface area contributed by atoms with Gasteiger partial charge in [0.15, 0.2) is 0 Å². The van der Waals surface area contributed by atoms with Gasteiger partial charge >= 0.3 is 17.9 Å². The molecule has 3 rings (SSSR count). The van der Waals surface area contributed by atoms with E-state index in [1.807, 2.05) is 22.6 Å². The fourth-order valence-corrected chi connectivity index (χ4v) is 3.57. The van der Waals surface area contributed by atoms with Crippen molar-refractivity contribution in [3.63, 3.8) is 0 Å². The normalized spacial score (nSPS) is 12.2. The summed E-state index contributed by atoms with van der Waals surface area (Å²) in [6, 6.07) is 17.7. The monoisotopic (exact) mass is 627 g/mol. The third-order valence-corrected chi connectivity index (χ3v) is 5.98. The molecule has 0 aliphatic rings. The summed E-state index contributed by atoms with van der Waals surface area (Å²) in [6.07, 6.45) is -4.18. The van der Waals surface area contributed by atoms with Gasteiger partial charge in [0.05, 0.1) is 16.8 Å². The van der Waals surface area contributed by atoms with Crippen molar-refractivity contribution in [3.05, 3.63) is 97.5 Å². The highest BCUT2D eigenvalue weighted by Crippen LogP contribution is 2.20. The summed E-state index contributed by atoms with van der Waals surface area (Å²) in [6.45, 7) is 0. The standard InChI is InChI=1S/C24H16Cl2INO7/c25-15-9-5-13(6-10-15)23(32)34-19(21(29)28-18-4-2-1-3-17(18)27)20(22(30)31)35-24(33)14-7-11-16(26)12-8-14/h1-12,19-20H,(H,28,29)(H,30,31)/t19-,20+/m1/s1. The third kappa shape index (κ3) is 7.17. The lowest BCUT2D eigenvalue weighted by Crippen LogP contribution is -2.48. The SMILES string of the molecule is O=C(O[C@H](C(=O)O)[C@@H](OC(=O)c1ccc(Cl)cc1)C(=O)Nc1ccccc1I)c1ccc(Cl)cc1. The third-order valence-electron chi connectivity index (χ3n) is 4.54. The maximum Gasteiger partial charge on any atom is 0.349 e. The summed E-state index contributed by atoms with van der Waals surface area (Å²) in [5.74, 6) is -4.77. The molecule has 0 saturated carbocycles. The van der Waals surface area contributed by atoms with Gasteiger partial charge in [0.1, 0.15) is 0 Å². The van der Waals surface area contributed by atoms with Crippen LogP contribution in [0.5, 0.6) is 0 Å². The summed E-state index contributed by atoms with van der Waals surface area (Å²) in [4.78, 5) is 50.5. The molecular formula is C24H16Cl2INO7. The van der Waals surface area contributed by atoms with Crippen LogP contribution >= 0.6 is 45.8 Å². The molecule has 0 saturated heterocycles. The van der Waals surface area contributed by atoms with Crippen LogP contribution < -0.4 is 5.32 Å². The number of halogens is 3. The molecule has 2 N–H and O–H groups in total. The van der Waals surface area contributed by atoms with Crippen molar-refractivity contribution < 1.29 is 33.8 Å². The Balaban J connectivity index is 1.91. The molecule has 0 bridgehead atoms. The Morgan fingerprint density at radius 2 is 1.20 bits per heavy atom. The molecule has 180 valence electrons. The van der Waals surface area contributed by atoms with E-state index in [-0.39, 0.29) is 11.1 Å². The number of amides is 1. The minimum atomic E-state index is -2.16. The van der Waals surface area contributed by atoms with Crippen molar-refractivity contribution in [2.45, 2.75) is 12.2 Å². The summed E-state index contributed by atoms with van der Waals surface area (Å²) in [7, 11) is 0. The van der Waals surface area contributed by atoms with Gasteiger partial charge in [-0.25, -0.2) is 14.4 Å². The molecule has 0 aliphatic heterocycles. The lowest BCUT2D eigenvalue weighted by Gasteiger charge is -2.24. The first kappa shape index (κ1) is 26.5. The highest BCUT2D eigenvalue weighted by Gasteiger charge is 2.41. The molecule has 3 aromatic carbocycles. The molecule has 35 heavy (non-hydrogen) atoms. The van der Waals surface area contributed by atoms with Crippen LogP contribution in [0.4, 0.5) is 5.69 Å². The van der Waals surface area contributed by atoms with E-state index in [0.29, 0.717) is 19.3 Å². The lowest BCUT2D eigenvalue weighted by molar-refractivity contribution is -0.157. The second-order valence-electron chi connectivity index (χ2n) is 6.97. The number of aliphatic carboxylic acids is 1. The molecule has 3 aromatic rings. The average Bonchev–Trinajstić information content (AvgIpc) is 2.83. The van der Waals surface area contributed by atoms with E-state index < -0.39 is 36.0 Å². The molecule has 8 nitrogen and oxygen atoms in total. The second-order valence-corrected chi connectivity index (χ2v) is 9.01. The van der Waals surface area contributed by atoms with Gasteiger partial charge in [-0.1, -0.05) is 35.3 Å². The number of para-hydroxylation sites is 1. The van der Waals surface area contributed by atoms with Crippen LogP contribution in [0.2, 0.25) is 10.0 Å². The predicted octanol–water partition coefficient (Wildman–Crippen LogP) is 5.07. The van der Waals surface area contributed by atoms with Gasteiger partial charge < -0.3 is 19.9 Å². The Hall–Kier alpha value is -3.15. The molecule has 0 spiro atoms. The summed E-state index contributed by atoms with van der Waals surface area (Å²) in [5, 5.41) is 13.0. The number of ether oxygens (including phenoxy) is 2. The largest absolute Gasteiger partial charge is 0.478 e. The number of nitrogens with one attached hydrogen (secondary N) is 1. The van der Waals surface area contributed by atoms with Crippen LogP contribution in [-0.2, 0) is 19.1 Å². The van der Waals surface area contributed by atoms with Gasteiger partial charge in [0.25, 0.3) is 5.91 Å². The summed E-state index contributed by atoms with van der Waals surface area (Å²) in [5.41, 5.74) is 0.343. The Kier molecular flexibility index (Phi) is 9.07. The quantitative estimate of drug-likeness (QED) is 0.264. The molecule has 0 aliphatic carbocycles. The number of hydrogen-bond donors (Lipinski definition) is 2. The average molecular weight is 628 g/mol. The van der Waals surface area contributed by atoms with Crippen molar-refractivity contribution in [1.29, 1.82) is 0 Å². The number of esters is 2. The van der Waals surface area contributed by atoms with Gasteiger partial charge in [-0.2, -0.15) is 0 Å². The van der Waals surface area contributed by atoms with Crippen LogP contribution in [0.15, 0.2) is 72.8 Å². The number of rotatable bonds is 8. The number of carboxylic acids is 1. The van der Waals surface area contributed by atoms with Crippen molar-refractivity contribution in [1.82, 2.24) is 0 Å². The van der Waals surface area contributed by atoms with Gasteiger partial charge in [-0.05, 0) is 83.3 Å². The number of hydrogen-bond acceptors (Lipinski definition) is 6. The predicted molar refractivity (Wildman–Crippen MR) is 137 cm³/mol. The van der Waals surface area contributed by atoms with E-state index in [4.69, 9.17) is 32.7 Å². The Labute approximate surface area is 223 Å². The van der Waals surface area contributed by atoms with Crippen LogP contribution in [-0.4, -0.2) is 41.1 Å². The van der Waals surface area contributed by atoms with Crippen molar-refractivity contribution in [3.8, 4) is 0 Å². The fraction of sp³-hybridized carbons (Fsp3) is 0.0833. The molecule has 0 radical (unpaired) electrons.